The normalized spacial score (nSPS) is 17.5. The number of para-hydroxylation sites is 1. The fourth-order valence-electron chi connectivity index (χ4n) is 3.84. The van der Waals surface area contributed by atoms with Crippen LogP contribution in [0.3, 0.4) is 0 Å². The van der Waals surface area contributed by atoms with E-state index < -0.39 is 28.6 Å². The highest BCUT2D eigenvalue weighted by Crippen LogP contribution is 2.42. The number of nitro benzene ring substituents is 1. The van der Waals surface area contributed by atoms with Crippen LogP contribution in [0, 0.1) is 10.1 Å². The Hall–Kier alpha value is -4.10. The molecule has 1 aliphatic heterocycles. The molecule has 0 unspecified atom stereocenters. The second kappa shape index (κ2) is 8.56. The van der Waals surface area contributed by atoms with Gasteiger partial charge in [-0.05, 0) is 11.6 Å². The zero-order chi connectivity index (χ0) is 22.7. The zero-order valence-electron chi connectivity index (χ0n) is 17.0. The first-order valence-corrected chi connectivity index (χ1v) is 10.0. The van der Waals surface area contributed by atoms with E-state index in [2.05, 4.69) is 0 Å². The summed E-state index contributed by atoms with van der Waals surface area (Å²) in [6, 6.07) is 21.7. The van der Waals surface area contributed by atoms with Gasteiger partial charge in [-0.15, -0.1) is 0 Å². The average Bonchev–Trinajstić information content (AvgIpc) is 3.01. The van der Waals surface area contributed by atoms with Crippen LogP contribution in [0.1, 0.15) is 27.9 Å². The largest absolute Gasteiger partial charge is 0.375 e. The van der Waals surface area contributed by atoms with Gasteiger partial charge in [-0.2, -0.15) is 0 Å². The van der Waals surface area contributed by atoms with Crippen LogP contribution in [-0.4, -0.2) is 28.3 Å². The van der Waals surface area contributed by atoms with Gasteiger partial charge in [0, 0.05) is 29.8 Å². The summed E-state index contributed by atoms with van der Waals surface area (Å²) in [7, 11) is 0. The second-order valence-electron chi connectivity index (χ2n) is 7.51. The van der Waals surface area contributed by atoms with Crippen molar-refractivity contribution in [2.45, 2.75) is 12.0 Å². The molecule has 160 valence electrons. The molecule has 0 aliphatic carbocycles. The number of non-ortho nitro benzene ring substituents is 1. The van der Waals surface area contributed by atoms with Crippen molar-refractivity contribution >= 4 is 29.1 Å². The first kappa shape index (κ1) is 21.1. The van der Waals surface area contributed by atoms with Gasteiger partial charge in [-0.1, -0.05) is 72.8 Å². The predicted octanol–water partition coefficient (Wildman–Crippen LogP) is 4.12. The van der Waals surface area contributed by atoms with Crippen molar-refractivity contribution in [3.8, 4) is 0 Å². The summed E-state index contributed by atoms with van der Waals surface area (Å²) >= 11 is 0. The maximum Gasteiger partial charge on any atom is 0.270 e. The molecule has 0 bridgehead atoms. The minimum absolute atomic E-state index is 0.0697. The molecule has 0 saturated carbocycles. The van der Waals surface area contributed by atoms with E-state index >= 15 is 0 Å². The van der Waals surface area contributed by atoms with Crippen molar-refractivity contribution in [3.63, 3.8) is 0 Å². The number of ketones is 1. The first-order valence-electron chi connectivity index (χ1n) is 10.0. The maximum atomic E-state index is 13.3. The van der Waals surface area contributed by atoms with E-state index in [0.29, 0.717) is 11.3 Å². The second-order valence-corrected chi connectivity index (χ2v) is 7.51. The van der Waals surface area contributed by atoms with Crippen molar-refractivity contribution in [1.82, 2.24) is 0 Å². The van der Waals surface area contributed by atoms with Crippen LogP contribution >= 0.6 is 0 Å². The molecule has 0 saturated heterocycles. The highest BCUT2D eigenvalue weighted by Gasteiger charge is 2.50. The van der Waals surface area contributed by atoms with Gasteiger partial charge in [-0.25, -0.2) is 0 Å². The molecule has 3 aromatic rings. The summed E-state index contributed by atoms with van der Waals surface area (Å²) in [5.74, 6) is -1.16. The molecule has 0 aromatic heterocycles. The highest BCUT2D eigenvalue weighted by molar-refractivity contribution is 6.11. The number of anilines is 1. The molecule has 1 atom stereocenters. The van der Waals surface area contributed by atoms with Crippen molar-refractivity contribution in [2.24, 2.45) is 0 Å². The molecule has 32 heavy (non-hydrogen) atoms. The predicted molar refractivity (Wildman–Crippen MR) is 120 cm³/mol. The van der Waals surface area contributed by atoms with Gasteiger partial charge in [0.15, 0.2) is 11.4 Å². The number of amides is 1. The number of hydrogen-bond acceptors (Lipinski definition) is 5. The summed E-state index contributed by atoms with van der Waals surface area (Å²) < 4.78 is 0. The summed E-state index contributed by atoms with van der Waals surface area (Å²) in [4.78, 5) is 38.0. The highest BCUT2D eigenvalue weighted by atomic mass is 16.6. The molecule has 1 aliphatic rings. The van der Waals surface area contributed by atoms with Crippen LogP contribution in [-0.2, 0) is 10.4 Å². The fourth-order valence-corrected chi connectivity index (χ4v) is 3.84. The number of carbonyl (C=O) groups excluding carboxylic acids is 2. The number of nitro groups is 1. The van der Waals surface area contributed by atoms with E-state index in [1.807, 2.05) is 42.5 Å². The summed E-state index contributed by atoms with van der Waals surface area (Å²) in [5.41, 5.74) is -0.349. The Morgan fingerprint density at radius 2 is 1.75 bits per heavy atom. The quantitative estimate of drug-likeness (QED) is 0.347. The SMILES string of the molecule is O=C(C[C@]1(O)C(=O)N(C/C=C/c2ccccc2)c2ccccc21)c1cccc([N+](=O)[O-])c1. The number of fused-ring (bicyclic) bond motifs is 1. The summed E-state index contributed by atoms with van der Waals surface area (Å²) in [6.45, 7) is 0.220. The Morgan fingerprint density at radius 3 is 2.50 bits per heavy atom. The van der Waals surface area contributed by atoms with Gasteiger partial charge >= 0.3 is 0 Å². The Kier molecular flexibility index (Phi) is 5.66. The van der Waals surface area contributed by atoms with Gasteiger partial charge in [0.05, 0.1) is 17.0 Å². The minimum Gasteiger partial charge on any atom is -0.375 e. The van der Waals surface area contributed by atoms with E-state index in [1.54, 1.807) is 24.3 Å². The van der Waals surface area contributed by atoms with Crippen molar-refractivity contribution < 1.29 is 19.6 Å². The Morgan fingerprint density at radius 1 is 1.03 bits per heavy atom. The van der Waals surface area contributed by atoms with E-state index in [0.717, 1.165) is 11.6 Å². The van der Waals surface area contributed by atoms with Crippen molar-refractivity contribution in [2.75, 3.05) is 11.4 Å². The third kappa shape index (κ3) is 3.93. The van der Waals surface area contributed by atoms with Gasteiger partial charge in [0.25, 0.3) is 11.6 Å². The van der Waals surface area contributed by atoms with E-state index in [4.69, 9.17) is 0 Å². The molecule has 1 heterocycles. The lowest BCUT2D eigenvalue weighted by atomic mass is 9.88. The van der Waals surface area contributed by atoms with Gasteiger partial charge in [0.1, 0.15) is 0 Å². The van der Waals surface area contributed by atoms with Crippen LogP contribution in [0.25, 0.3) is 6.08 Å². The number of Topliss-reactive ketones (excluding diaryl/α,β-unsaturated/α-hetero) is 1. The van der Waals surface area contributed by atoms with Gasteiger partial charge in [-0.3, -0.25) is 19.7 Å². The first-order chi connectivity index (χ1) is 15.4. The average molecular weight is 428 g/mol. The Bertz CT molecular complexity index is 1220. The van der Waals surface area contributed by atoms with Crippen LogP contribution in [0.5, 0.6) is 0 Å². The van der Waals surface area contributed by atoms with Gasteiger partial charge in [0.2, 0.25) is 0 Å². The molecule has 0 radical (unpaired) electrons. The third-order valence-electron chi connectivity index (χ3n) is 5.43. The Labute approximate surface area is 184 Å². The number of rotatable bonds is 7. The molecule has 0 spiro atoms. The standard InChI is InChI=1S/C25H20N2O5/c28-23(19-11-6-12-20(16-19)27(31)32)17-25(30)21-13-4-5-14-22(21)26(24(25)29)15-7-10-18-8-2-1-3-9-18/h1-14,16,30H,15,17H2/b10-7+/t25-/m1/s1. The molecular weight excluding hydrogens is 408 g/mol. The number of hydrogen-bond donors (Lipinski definition) is 1. The molecule has 7 heteroatoms. The van der Waals surface area contributed by atoms with Gasteiger partial charge < -0.3 is 10.0 Å². The fraction of sp³-hybridized carbons (Fsp3) is 0.120. The summed E-state index contributed by atoms with van der Waals surface area (Å²) in [5, 5.41) is 22.4. The molecular formula is C25H20N2O5. The molecule has 1 N–H and O–H groups in total. The number of nitrogens with zero attached hydrogens (tertiary/aromatic N) is 2. The van der Waals surface area contributed by atoms with E-state index in [9.17, 15) is 24.8 Å². The molecule has 3 aromatic carbocycles. The van der Waals surface area contributed by atoms with Crippen molar-refractivity contribution in [3.05, 3.63) is 112 Å². The summed E-state index contributed by atoms with van der Waals surface area (Å²) in [6.07, 6.45) is 3.18. The minimum atomic E-state index is -2.04. The third-order valence-corrected chi connectivity index (χ3v) is 5.43. The monoisotopic (exact) mass is 428 g/mol. The van der Waals surface area contributed by atoms with Crippen LogP contribution in [0.4, 0.5) is 11.4 Å². The van der Waals surface area contributed by atoms with E-state index in [-0.39, 0.29) is 17.8 Å². The lowest BCUT2D eigenvalue weighted by molar-refractivity contribution is -0.384. The smallest absolute Gasteiger partial charge is 0.270 e. The maximum absolute atomic E-state index is 13.3. The lowest BCUT2D eigenvalue weighted by Crippen LogP contribution is -2.42. The lowest BCUT2D eigenvalue weighted by Gasteiger charge is -2.22. The topological polar surface area (TPSA) is 101 Å². The number of carbonyl (C=O) groups is 2. The van der Waals surface area contributed by atoms with Crippen molar-refractivity contribution in [1.29, 1.82) is 0 Å². The zero-order valence-corrected chi connectivity index (χ0v) is 17.0. The van der Waals surface area contributed by atoms with Crippen LogP contribution in [0.2, 0.25) is 0 Å². The number of benzene rings is 3. The molecule has 7 nitrogen and oxygen atoms in total. The molecule has 1 amide bonds. The molecule has 0 fully saturated rings. The Balaban J connectivity index is 1.60. The van der Waals surface area contributed by atoms with Crippen LogP contribution < -0.4 is 4.90 Å². The van der Waals surface area contributed by atoms with E-state index in [1.165, 1.54) is 23.1 Å². The number of aliphatic hydroxyl groups is 1. The molecule has 4 rings (SSSR count). The van der Waals surface area contributed by atoms with Crippen LogP contribution in [0.15, 0.2) is 84.9 Å².